The van der Waals surface area contributed by atoms with E-state index in [1.165, 1.54) is 26.3 Å². The second-order valence-corrected chi connectivity index (χ2v) is 16.4. The smallest absolute Gasteiger partial charge is 0.326 e. The van der Waals surface area contributed by atoms with Crippen molar-refractivity contribution < 1.29 is 31.2 Å². The highest BCUT2D eigenvalue weighted by Gasteiger charge is 2.45. The second-order valence-electron chi connectivity index (χ2n) is 11.8. The molecule has 1 saturated heterocycles. The van der Waals surface area contributed by atoms with Crippen molar-refractivity contribution >= 4 is 55.1 Å². The van der Waals surface area contributed by atoms with E-state index in [-0.39, 0.29) is 29.9 Å². The Morgan fingerprint density at radius 3 is 2.10 bits per heavy atom. The minimum Gasteiger partial charge on any atom is -0.493 e. The molecule has 13 nitrogen and oxygen atoms in total. The number of nitrogens with one attached hydrogen (secondary N) is 1. The number of halogens is 2. The van der Waals surface area contributed by atoms with Gasteiger partial charge in [0, 0.05) is 56.4 Å². The maximum absolute atomic E-state index is 14.8. The van der Waals surface area contributed by atoms with E-state index in [4.69, 9.17) is 37.8 Å². The molecule has 270 valence electrons. The van der Waals surface area contributed by atoms with E-state index in [9.17, 15) is 21.6 Å². The first-order valence-corrected chi connectivity index (χ1v) is 20.0. The van der Waals surface area contributed by atoms with Crippen LogP contribution in [-0.4, -0.2) is 114 Å². The fourth-order valence-corrected chi connectivity index (χ4v) is 7.64. The van der Waals surface area contributed by atoms with Crippen molar-refractivity contribution in [2.24, 2.45) is 4.99 Å². The molecule has 0 spiro atoms. The van der Waals surface area contributed by atoms with Crippen LogP contribution in [0.4, 0.5) is 4.79 Å². The van der Waals surface area contributed by atoms with Crippen LogP contribution < -0.4 is 9.46 Å². The molecule has 2 heterocycles. The molecule has 5 rings (SSSR count). The summed E-state index contributed by atoms with van der Waals surface area (Å²) >= 11 is 12.6. The van der Waals surface area contributed by atoms with Gasteiger partial charge in [-0.2, -0.15) is 0 Å². The number of urea groups is 1. The maximum Gasteiger partial charge on any atom is 0.326 e. The van der Waals surface area contributed by atoms with Crippen molar-refractivity contribution in [1.29, 1.82) is 0 Å². The molecule has 2 atom stereocenters. The number of sulfonamides is 2. The Labute approximate surface area is 303 Å². The third-order valence-electron chi connectivity index (χ3n) is 8.52. The summed E-state index contributed by atoms with van der Waals surface area (Å²) < 4.78 is 59.2. The predicted molar refractivity (Wildman–Crippen MR) is 193 cm³/mol. The normalized spacial score (nSPS) is 18.8. The lowest BCUT2D eigenvalue weighted by molar-refractivity contribution is -0.0258. The van der Waals surface area contributed by atoms with Gasteiger partial charge < -0.3 is 9.64 Å². The van der Waals surface area contributed by atoms with Crippen molar-refractivity contribution in [3.63, 3.8) is 0 Å². The van der Waals surface area contributed by atoms with E-state index in [0.29, 0.717) is 54.1 Å². The van der Waals surface area contributed by atoms with Gasteiger partial charge in [-0.25, -0.2) is 26.4 Å². The van der Waals surface area contributed by atoms with Crippen molar-refractivity contribution in [2.45, 2.75) is 23.9 Å². The van der Waals surface area contributed by atoms with Crippen LogP contribution in [0.2, 0.25) is 10.0 Å². The molecular weight excluding hydrogens is 727 g/mol. The third kappa shape index (κ3) is 8.60. The summed E-state index contributed by atoms with van der Waals surface area (Å²) in [5, 5.41) is 1.06. The number of benzene rings is 3. The number of amidine groups is 1. The van der Waals surface area contributed by atoms with Crippen molar-refractivity contribution in [3.05, 3.63) is 93.5 Å². The molecule has 0 bridgehead atoms. The molecular formula is C33H40Cl2N6O7S2. The molecule has 1 fully saturated rings. The molecule has 0 aliphatic carbocycles. The van der Waals surface area contributed by atoms with Crippen molar-refractivity contribution in [3.8, 4) is 5.75 Å². The number of ether oxygens (including phenoxy) is 1. The third-order valence-corrected chi connectivity index (χ3v) is 11.4. The van der Waals surface area contributed by atoms with Gasteiger partial charge in [-0.1, -0.05) is 51.9 Å². The second kappa shape index (κ2) is 15.9. The quantitative estimate of drug-likeness (QED) is 0.268. The maximum atomic E-state index is 14.8. The van der Waals surface area contributed by atoms with Gasteiger partial charge in [0.05, 0.1) is 36.5 Å². The van der Waals surface area contributed by atoms with Crippen LogP contribution in [0.15, 0.2) is 76.6 Å². The molecule has 1 N–H and O–H groups in total. The minimum atomic E-state index is -4.09. The first-order valence-electron chi connectivity index (χ1n) is 15.9. The molecule has 2 unspecified atom stereocenters. The van der Waals surface area contributed by atoms with Gasteiger partial charge >= 0.3 is 6.03 Å². The fraction of sp³-hybridized carbons (Fsp3) is 0.394. The highest BCUT2D eigenvalue weighted by atomic mass is 35.5. The van der Waals surface area contributed by atoms with Gasteiger partial charge in [0.1, 0.15) is 17.6 Å². The molecule has 0 radical (unpaired) electrons. The first kappa shape index (κ1) is 38.0. The highest BCUT2D eigenvalue weighted by Crippen LogP contribution is 2.46. The zero-order valence-electron chi connectivity index (χ0n) is 28.1. The molecule has 50 heavy (non-hydrogen) atoms. The van der Waals surface area contributed by atoms with Gasteiger partial charge in [-0.15, -0.1) is 0 Å². The Hall–Kier alpha value is -3.28. The number of carbonyl (C=O) groups is 1. The predicted octanol–water partition coefficient (Wildman–Crippen LogP) is 4.41. The lowest BCUT2D eigenvalue weighted by Gasteiger charge is -2.39. The first-order chi connectivity index (χ1) is 23.7. The van der Waals surface area contributed by atoms with E-state index in [1.54, 1.807) is 40.1 Å². The summed E-state index contributed by atoms with van der Waals surface area (Å²) in [4.78, 5) is 30.4. The van der Waals surface area contributed by atoms with Crippen LogP contribution in [0.1, 0.15) is 35.7 Å². The molecule has 2 amide bonds. The molecule has 17 heteroatoms. The molecule has 2 aliphatic rings. The monoisotopic (exact) mass is 766 g/mol. The van der Waals surface area contributed by atoms with Gasteiger partial charge in [-0.3, -0.25) is 19.6 Å². The van der Waals surface area contributed by atoms with Crippen LogP contribution in [0.5, 0.6) is 5.75 Å². The molecule has 3 aromatic rings. The number of nitrogens with zero attached hydrogens (tertiary/aromatic N) is 5. The Kier molecular flexibility index (Phi) is 12.1. The average molecular weight is 768 g/mol. The standard InChI is InChI=1S/C33H40Cl2N6O7S2/c1-5-48-29-15-14-27(50(45,46)38(2)47-3)22-28(29)32-37-30(23-6-10-25(34)11-7-23)31(24-8-12-26(35)13-9-24)41(32)33(42)40-20-18-39(19-21-40)17-16-36-49(4,43)44/h6-15,22,30-31,36H,5,16-21H2,1-4H3. The number of carbonyl (C=O) groups excluding carboxylic acids is 1. The van der Waals surface area contributed by atoms with E-state index >= 15 is 0 Å². The van der Waals surface area contributed by atoms with Crippen LogP contribution >= 0.6 is 23.2 Å². The van der Waals surface area contributed by atoms with Gasteiger partial charge in [0.25, 0.3) is 10.0 Å². The van der Waals surface area contributed by atoms with E-state index in [2.05, 4.69) is 9.62 Å². The van der Waals surface area contributed by atoms with Gasteiger partial charge in [-0.05, 0) is 60.5 Å². The number of rotatable bonds is 12. The van der Waals surface area contributed by atoms with Crippen molar-refractivity contribution in [1.82, 2.24) is 23.9 Å². The molecule has 3 aromatic carbocycles. The number of piperazine rings is 1. The molecule has 2 aliphatic heterocycles. The largest absolute Gasteiger partial charge is 0.493 e. The lowest BCUT2D eigenvalue weighted by atomic mass is 9.93. The summed E-state index contributed by atoms with van der Waals surface area (Å²) in [5.74, 6) is 0.577. The number of amides is 2. The number of hydroxylamine groups is 1. The summed E-state index contributed by atoms with van der Waals surface area (Å²) in [7, 11) is -4.86. The Morgan fingerprint density at radius 2 is 1.54 bits per heavy atom. The lowest BCUT2D eigenvalue weighted by Crippen LogP contribution is -2.54. The topological polar surface area (TPSA) is 141 Å². The Balaban J connectivity index is 1.62. The Morgan fingerprint density at radius 1 is 0.940 bits per heavy atom. The van der Waals surface area contributed by atoms with Crippen LogP contribution in [0.3, 0.4) is 0 Å². The summed E-state index contributed by atoms with van der Waals surface area (Å²) in [6.45, 7) is 4.61. The highest BCUT2D eigenvalue weighted by molar-refractivity contribution is 7.89. The van der Waals surface area contributed by atoms with Gasteiger partial charge in [0.15, 0.2) is 0 Å². The number of hydrogen-bond donors (Lipinski definition) is 1. The zero-order valence-corrected chi connectivity index (χ0v) is 31.3. The Bertz CT molecular complexity index is 1920. The SMILES string of the molecule is CCOc1ccc(S(=O)(=O)N(C)OC)cc1C1=NC(c2ccc(Cl)cc2)C(c2ccc(Cl)cc2)N1C(=O)N1CCN(CCNS(C)(=O)=O)CC1. The zero-order chi connectivity index (χ0) is 36.2. The summed E-state index contributed by atoms with van der Waals surface area (Å²) in [6.07, 6.45) is 1.12. The molecule has 0 aromatic heterocycles. The fourth-order valence-electron chi connectivity index (χ4n) is 5.93. The van der Waals surface area contributed by atoms with E-state index < -0.39 is 32.1 Å². The minimum absolute atomic E-state index is 0.0790. The van der Waals surface area contributed by atoms with Crippen molar-refractivity contribution in [2.75, 3.05) is 66.3 Å². The number of aliphatic imine (C=N–C) groups is 1. The summed E-state index contributed by atoms with van der Waals surface area (Å²) in [5.41, 5.74) is 1.85. The number of hydrogen-bond acceptors (Lipinski definition) is 9. The van der Waals surface area contributed by atoms with Crippen LogP contribution in [0.25, 0.3) is 0 Å². The average Bonchev–Trinajstić information content (AvgIpc) is 3.48. The van der Waals surface area contributed by atoms with Crippen LogP contribution in [-0.2, 0) is 24.9 Å². The van der Waals surface area contributed by atoms with Gasteiger partial charge in [0.2, 0.25) is 10.0 Å². The molecule has 0 saturated carbocycles. The van der Waals surface area contributed by atoms with Crippen LogP contribution in [0, 0.1) is 0 Å². The van der Waals surface area contributed by atoms with E-state index in [1.807, 2.05) is 31.2 Å². The summed E-state index contributed by atoms with van der Waals surface area (Å²) in [6, 6.07) is 17.2. The van der Waals surface area contributed by atoms with E-state index in [0.717, 1.165) is 21.9 Å².